The van der Waals surface area contributed by atoms with E-state index in [4.69, 9.17) is 9.47 Å². The van der Waals surface area contributed by atoms with E-state index < -0.39 is 0 Å². The fourth-order valence-electron chi connectivity index (χ4n) is 1.95. The Hall–Kier alpha value is -1.28. The number of benzene rings is 1. The molecule has 2 nitrogen and oxygen atoms in total. The first-order valence-electron chi connectivity index (χ1n) is 6.24. The molecule has 2 rings (SSSR count). The van der Waals surface area contributed by atoms with Gasteiger partial charge < -0.3 is 9.47 Å². The van der Waals surface area contributed by atoms with E-state index in [0.717, 1.165) is 5.75 Å². The summed E-state index contributed by atoms with van der Waals surface area (Å²) in [5.41, 5.74) is 0. The van der Waals surface area contributed by atoms with Crippen molar-refractivity contribution < 1.29 is 9.47 Å². The van der Waals surface area contributed by atoms with Crippen LogP contribution in [0.4, 0.5) is 0 Å². The average molecular weight is 234 g/mol. The molecule has 0 amide bonds. The Labute approximate surface area is 104 Å². The Kier molecular flexibility index (Phi) is 7.15. The summed E-state index contributed by atoms with van der Waals surface area (Å²) in [4.78, 5) is 0. The lowest BCUT2D eigenvalue weighted by molar-refractivity contribution is 0.0382. The highest BCUT2D eigenvalue weighted by molar-refractivity contribution is 5.20. The summed E-state index contributed by atoms with van der Waals surface area (Å²) in [7, 11) is 0. The number of ether oxygens (including phenoxy) is 2. The van der Waals surface area contributed by atoms with Crippen molar-refractivity contribution in [2.45, 2.75) is 31.8 Å². The maximum absolute atomic E-state index is 5.70. The molecule has 0 radical (unpaired) electrons. The summed E-state index contributed by atoms with van der Waals surface area (Å²) in [5.74, 6) is 0.924. The van der Waals surface area contributed by atoms with Crippen molar-refractivity contribution in [3.8, 4) is 5.75 Å². The number of hydrogen-bond acceptors (Lipinski definition) is 2. The maximum Gasteiger partial charge on any atom is 0.119 e. The zero-order chi connectivity index (χ0) is 12.3. The fraction of sp³-hybridized carbons (Fsp3) is 0.467. The van der Waals surface area contributed by atoms with Gasteiger partial charge in [-0.1, -0.05) is 31.0 Å². The first kappa shape index (κ1) is 13.8. The molecule has 0 saturated heterocycles. The van der Waals surface area contributed by atoms with E-state index in [1.165, 1.54) is 25.7 Å². The summed E-state index contributed by atoms with van der Waals surface area (Å²) >= 11 is 0. The standard InChI is InChI=1S/C13H18O2.C2H4/c1-2-6-12(7-3-1)14-10-11-15-13-8-4-5-9-13;1-2/h1-3,6-7,13H,4-5,8-11H2;1-2H2. The van der Waals surface area contributed by atoms with Gasteiger partial charge in [0, 0.05) is 0 Å². The highest BCUT2D eigenvalue weighted by Gasteiger charge is 2.14. The largest absolute Gasteiger partial charge is 0.491 e. The zero-order valence-corrected chi connectivity index (χ0v) is 10.4. The first-order valence-corrected chi connectivity index (χ1v) is 6.24. The van der Waals surface area contributed by atoms with Gasteiger partial charge in [-0.25, -0.2) is 0 Å². The molecule has 2 heteroatoms. The van der Waals surface area contributed by atoms with Crippen LogP contribution in [0.5, 0.6) is 5.75 Å². The van der Waals surface area contributed by atoms with Gasteiger partial charge in [-0.05, 0) is 25.0 Å². The lowest BCUT2D eigenvalue weighted by Gasteiger charge is -2.11. The number of hydrogen-bond donors (Lipinski definition) is 0. The molecule has 0 unspecified atom stereocenters. The van der Waals surface area contributed by atoms with Gasteiger partial charge in [0.15, 0.2) is 0 Å². The molecule has 0 heterocycles. The van der Waals surface area contributed by atoms with Crippen LogP contribution in [-0.2, 0) is 4.74 Å². The molecule has 0 aromatic heterocycles. The van der Waals surface area contributed by atoms with E-state index in [-0.39, 0.29) is 0 Å². The monoisotopic (exact) mass is 234 g/mol. The van der Waals surface area contributed by atoms with Crippen LogP contribution in [0.25, 0.3) is 0 Å². The first-order chi connectivity index (χ1) is 8.45. The topological polar surface area (TPSA) is 18.5 Å². The molecule has 0 bridgehead atoms. The number of para-hydroxylation sites is 1. The quantitative estimate of drug-likeness (QED) is 0.569. The van der Waals surface area contributed by atoms with E-state index in [1.54, 1.807) is 0 Å². The summed E-state index contributed by atoms with van der Waals surface area (Å²) in [6.07, 6.45) is 5.59. The molecule has 17 heavy (non-hydrogen) atoms. The normalized spacial score (nSPS) is 15.1. The molecule has 1 saturated carbocycles. The van der Waals surface area contributed by atoms with Crippen molar-refractivity contribution in [2.75, 3.05) is 13.2 Å². The van der Waals surface area contributed by atoms with Gasteiger partial charge in [-0.15, -0.1) is 13.2 Å². The molecule has 0 N–H and O–H groups in total. The third kappa shape index (κ3) is 5.55. The molecule has 94 valence electrons. The van der Waals surface area contributed by atoms with Crippen molar-refractivity contribution in [3.63, 3.8) is 0 Å². The molecular formula is C15H22O2. The van der Waals surface area contributed by atoms with Crippen molar-refractivity contribution in [2.24, 2.45) is 0 Å². The Morgan fingerprint density at radius 3 is 2.29 bits per heavy atom. The Bertz CT molecular complexity index is 278. The van der Waals surface area contributed by atoms with Crippen molar-refractivity contribution in [1.82, 2.24) is 0 Å². The van der Waals surface area contributed by atoms with E-state index >= 15 is 0 Å². The smallest absolute Gasteiger partial charge is 0.119 e. The van der Waals surface area contributed by atoms with Gasteiger partial charge in [0.05, 0.1) is 12.7 Å². The SMILES string of the molecule is C=C.c1ccc(OCCOC2CCCC2)cc1. The van der Waals surface area contributed by atoms with Gasteiger partial charge in [0.25, 0.3) is 0 Å². The molecule has 1 aromatic carbocycles. The molecule has 0 atom stereocenters. The molecule has 0 aliphatic heterocycles. The second-order valence-corrected chi connectivity index (χ2v) is 3.94. The van der Waals surface area contributed by atoms with Gasteiger partial charge in [0.1, 0.15) is 12.4 Å². The summed E-state index contributed by atoms with van der Waals surface area (Å²) in [5, 5.41) is 0. The second-order valence-electron chi connectivity index (χ2n) is 3.94. The lowest BCUT2D eigenvalue weighted by Crippen LogP contribution is -2.13. The van der Waals surface area contributed by atoms with Gasteiger partial charge >= 0.3 is 0 Å². The van der Waals surface area contributed by atoms with Crippen LogP contribution in [0.1, 0.15) is 25.7 Å². The van der Waals surface area contributed by atoms with Crippen LogP contribution in [0.3, 0.4) is 0 Å². The Morgan fingerprint density at radius 2 is 1.65 bits per heavy atom. The van der Waals surface area contributed by atoms with E-state index in [1.807, 2.05) is 30.3 Å². The van der Waals surface area contributed by atoms with Gasteiger partial charge in [-0.2, -0.15) is 0 Å². The van der Waals surface area contributed by atoms with Crippen LogP contribution in [0.2, 0.25) is 0 Å². The highest BCUT2D eigenvalue weighted by Crippen LogP contribution is 2.20. The molecule has 1 aliphatic carbocycles. The minimum Gasteiger partial charge on any atom is -0.491 e. The summed E-state index contributed by atoms with van der Waals surface area (Å²) in [6, 6.07) is 9.88. The fourth-order valence-corrected chi connectivity index (χ4v) is 1.95. The van der Waals surface area contributed by atoms with Crippen molar-refractivity contribution in [1.29, 1.82) is 0 Å². The number of rotatable bonds is 5. The minimum absolute atomic E-state index is 0.490. The third-order valence-corrected chi connectivity index (χ3v) is 2.75. The summed E-state index contributed by atoms with van der Waals surface area (Å²) < 4.78 is 11.2. The molecule has 0 spiro atoms. The highest BCUT2D eigenvalue weighted by atomic mass is 16.5. The lowest BCUT2D eigenvalue weighted by atomic mass is 10.3. The van der Waals surface area contributed by atoms with Crippen LogP contribution in [-0.4, -0.2) is 19.3 Å². The zero-order valence-electron chi connectivity index (χ0n) is 10.4. The molecule has 1 aromatic rings. The van der Waals surface area contributed by atoms with Crippen molar-refractivity contribution >= 4 is 0 Å². The third-order valence-electron chi connectivity index (χ3n) is 2.75. The van der Waals surface area contributed by atoms with Crippen LogP contribution >= 0.6 is 0 Å². The van der Waals surface area contributed by atoms with E-state index in [2.05, 4.69) is 13.2 Å². The summed E-state index contributed by atoms with van der Waals surface area (Å²) in [6.45, 7) is 7.36. The Morgan fingerprint density at radius 1 is 1.00 bits per heavy atom. The van der Waals surface area contributed by atoms with Crippen LogP contribution in [0, 0.1) is 0 Å². The Balaban J connectivity index is 0.000000686. The maximum atomic E-state index is 5.70. The van der Waals surface area contributed by atoms with Crippen LogP contribution in [0.15, 0.2) is 43.5 Å². The molecular weight excluding hydrogens is 212 g/mol. The molecule has 1 aliphatic rings. The minimum atomic E-state index is 0.490. The predicted octanol–water partition coefficient (Wildman–Crippen LogP) is 3.83. The van der Waals surface area contributed by atoms with E-state index in [0.29, 0.717) is 19.3 Å². The predicted molar refractivity (Wildman–Crippen MR) is 71.4 cm³/mol. The van der Waals surface area contributed by atoms with Crippen molar-refractivity contribution in [3.05, 3.63) is 43.5 Å². The second kappa shape index (κ2) is 8.82. The van der Waals surface area contributed by atoms with E-state index in [9.17, 15) is 0 Å². The molecule has 1 fully saturated rings. The average Bonchev–Trinajstić information content (AvgIpc) is 2.92. The van der Waals surface area contributed by atoms with Gasteiger partial charge in [0.2, 0.25) is 0 Å². The van der Waals surface area contributed by atoms with Gasteiger partial charge in [-0.3, -0.25) is 0 Å². The van der Waals surface area contributed by atoms with Crippen LogP contribution < -0.4 is 4.74 Å².